The smallest absolute Gasteiger partial charge is 0.325 e. The number of benzene rings is 1. The third-order valence-electron chi connectivity index (χ3n) is 3.89. The lowest BCUT2D eigenvalue weighted by Crippen LogP contribution is -2.30. The van der Waals surface area contributed by atoms with E-state index >= 15 is 0 Å². The first-order valence-electron chi connectivity index (χ1n) is 8.32. The molecule has 1 aromatic carbocycles. The minimum Gasteiger partial charge on any atom is -0.458 e. The summed E-state index contributed by atoms with van der Waals surface area (Å²) in [5, 5.41) is 4.37. The zero-order valence-electron chi connectivity index (χ0n) is 15.2. The molecule has 0 bridgehead atoms. The zero-order valence-corrected chi connectivity index (χ0v) is 16.1. The van der Waals surface area contributed by atoms with E-state index in [2.05, 4.69) is 10.3 Å². The number of thiazole rings is 1. The molecule has 0 aliphatic carbocycles. The summed E-state index contributed by atoms with van der Waals surface area (Å²) in [4.78, 5) is 41.0. The van der Waals surface area contributed by atoms with Gasteiger partial charge in [-0.25, -0.2) is 4.98 Å². The molecule has 8 heteroatoms. The topological polar surface area (TPSA) is 89.8 Å². The average Bonchev–Trinajstić information content (AvgIpc) is 2.98. The summed E-state index contributed by atoms with van der Waals surface area (Å²) in [5.74, 6) is -0.942. The molecule has 0 aliphatic heterocycles. The average molecular weight is 385 g/mol. The Morgan fingerprint density at radius 3 is 2.56 bits per heavy atom. The van der Waals surface area contributed by atoms with Crippen LogP contribution >= 0.6 is 11.3 Å². The Morgan fingerprint density at radius 1 is 1.15 bits per heavy atom. The van der Waals surface area contributed by atoms with Crippen LogP contribution in [-0.4, -0.2) is 27.8 Å². The SMILES string of the molecule is Cc1cc(C)cc(C(=O)NCC(=O)OCc2cc(=O)n3c(C)csc3n2)c1. The van der Waals surface area contributed by atoms with Gasteiger partial charge in [0.15, 0.2) is 4.96 Å². The van der Waals surface area contributed by atoms with Gasteiger partial charge in [-0.3, -0.25) is 18.8 Å². The number of hydrogen-bond donors (Lipinski definition) is 1. The Bertz CT molecular complexity index is 1060. The second kappa shape index (κ2) is 7.71. The molecule has 0 unspecified atom stereocenters. The highest BCUT2D eigenvalue weighted by atomic mass is 32.1. The summed E-state index contributed by atoms with van der Waals surface area (Å²) in [6.45, 7) is 5.25. The van der Waals surface area contributed by atoms with E-state index in [1.807, 2.05) is 32.2 Å². The van der Waals surface area contributed by atoms with E-state index in [4.69, 9.17) is 4.74 Å². The summed E-state index contributed by atoms with van der Waals surface area (Å²) >= 11 is 1.34. The number of aryl methyl sites for hydroxylation is 3. The molecular weight excluding hydrogens is 366 g/mol. The number of nitrogens with one attached hydrogen (secondary N) is 1. The number of aromatic nitrogens is 2. The van der Waals surface area contributed by atoms with E-state index in [0.717, 1.165) is 16.8 Å². The molecule has 0 fully saturated rings. The number of nitrogens with zero attached hydrogens (tertiary/aromatic N) is 2. The molecule has 7 nitrogen and oxygen atoms in total. The summed E-state index contributed by atoms with van der Waals surface area (Å²) in [7, 11) is 0. The first-order chi connectivity index (χ1) is 12.8. The Morgan fingerprint density at radius 2 is 1.85 bits per heavy atom. The van der Waals surface area contributed by atoms with Crippen LogP contribution in [0, 0.1) is 20.8 Å². The Kier molecular flexibility index (Phi) is 5.36. The fourth-order valence-electron chi connectivity index (χ4n) is 2.74. The van der Waals surface area contributed by atoms with Gasteiger partial charge in [-0.1, -0.05) is 17.2 Å². The van der Waals surface area contributed by atoms with Gasteiger partial charge in [0.1, 0.15) is 13.2 Å². The molecule has 0 radical (unpaired) electrons. The van der Waals surface area contributed by atoms with Crippen molar-refractivity contribution in [2.45, 2.75) is 27.4 Å². The highest BCUT2D eigenvalue weighted by Gasteiger charge is 2.12. The van der Waals surface area contributed by atoms with E-state index in [1.165, 1.54) is 21.8 Å². The summed E-state index contributed by atoms with van der Waals surface area (Å²) in [5.41, 5.74) is 3.40. The van der Waals surface area contributed by atoms with Crippen LogP contribution in [0.15, 0.2) is 34.4 Å². The van der Waals surface area contributed by atoms with Crippen molar-refractivity contribution in [3.63, 3.8) is 0 Å². The fraction of sp³-hybridized carbons (Fsp3) is 0.263. The largest absolute Gasteiger partial charge is 0.458 e. The van der Waals surface area contributed by atoms with Crippen molar-refractivity contribution < 1.29 is 14.3 Å². The van der Waals surface area contributed by atoms with Crippen molar-refractivity contribution in [1.29, 1.82) is 0 Å². The summed E-state index contributed by atoms with van der Waals surface area (Å²) in [6.07, 6.45) is 0. The molecule has 0 atom stereocenters. The first-order valence-corrected chi connectivity index (χ1v) is 9.20. The van der Waals surface area contributed by atoms with E-state index in [0.29, 0.717) is 16.2 Å². The molecule has 1 amide bonds. The number of amides is 1. The monoisotopic (exact) mass is 385 g/mol. The maximum absolute atomic E-state index is 12.1. The molecule has 0 aliphatic rings. The van der Waals surface area contributed by atoms with Crippen molar-refractivity contribution in [2.24, 2.45) is 0 Å². The molecule has 0 spiro atoms. The molecule has 3 rings (SSSR count). The van der Waals surface area contributed by atoms with E-state index in [1.54, 1.807) is 12.1 Å². The Balaban J connectivity index is 1.57. The lowest BCUT2D eigenvalue weighted by atomic mass is 10.1. The molecule has 27 heavy (non-hydrogen) atoms. The second-order valence-electron chi connectivity index (χ2n) is 6.30. The standard InChI is InChI=1S/C19H19N3O4S/c1-11-4-12(2)6-14(5-11)18(25)20-8-17(24)26-9-15-7-16(23)22-13(3)10-27-19(22)21-15/h4-7,10H,8-9H2,1-3H3,(H,20,25). The van der Waals surface area contributed by atoms with E-state index < -0.39 is 5.97 Å². The fourth-order valence-corrected chi connectivity index (χ4v) is 3.63. The number of ether oxygens (including phenoxy) is 1. The van der Waals surface area contributed by atoms with Gasteiger partial charge in [0.2, 0.25) is 0 Å². The normalized spacial score (nSPS) is 10.8. The van der Waals surface area contributed by atoms with Crippen LogP contribution < -0.4 is 10.9 Å². The maximum atomic E-state index is 12.1. The molecule has 1 N–H and O–H groups in total. The quantitative estimate of drug-likeness (QED) is 0.680. The van der Waals surface area contributed by atoms with Gasteiger partial charge >= 0.3 is 5.97 Å². The molecule has 0 saturated carbocycles. The van der Waals surface area contributed by atoms with Crippen LogP contribution in [0.4, 0.5) is 0 Å². The molecule has 140 valence electrons. The molecular formula is C19H19N3O4S. The van der Waals surface area contributed by atoms with E-state index in [-0.39, 0.29) is 24.6 Å². The number of fused-ring (bicyclic) bond motifs is 1. The van der Waals surface area contributed by atoms with Gasteiger partial charge < -0.3 is 10.1 Å². The Hall–Kier alpha value is -3.00. The van der Waals surface area contributed by atoms with Crippen molar-refractivity contribution >= 4 is 28.2 Å². The second-order valence-corrected chi connectivity index (χ2v) is 7.14. The van der Waals surface area contributed by atoms with Crippen LogP contribution in [-0.2, 0) is 16.1 Å². The lowest BCUT2D eigenvalue weighted by molar-refractivity contribution is -0.143. The van der Waals surface area contributed by atoms with Crippen LogP contribution in [0.5, 0.6) is 0 Å². The maximum Gasteiger partial charge on any atom is 0.325 e. The molecule has 2 heterocycles. The number of hydrogen-bond acceptors (Lipinski definition) is 6. The van der Waals surface area contributed by atoms with Crippen molar-refractivity contribution in [1.82, 2.24) is 14.7 Å². The van der Waals surface area contributed by atoms with Crippen LogP contribution in [0.2, 0.25) is 0 Å². The predicted molar refractivity (Wildman–Crippen MR) is 102 cm³/mol. The van der Waals surface area contributed by atoms with E-state index in [9.17, 15) is 14.4 Å². The number of carbonyl (C=O) groups is 2. The minimum atomic E-state index is -0.600. The van der Waals surface area contributed by atoms with Gasteiger partial charge in [-0.15, -0.1) is 11.3 Å². The van der Waals surface area contributed by atoms with Gasteiger partial charge in [0.05, 0.1) is 5.69 Å². The summed E-state index contributed by atoms with van der Waals surface area (Å²) in [6, 6.07) is 6.81. The minimum absolute atomic E-state index is 0.124. The summed E-state index contributed by atoms with van der Waals surface area (Å²) < 4.78 is 6.61. The highest BCUT2D eigenvalue weighted by molar-refractivity contribution is 7.15. The highest BCUT2D eigenvalue weighted by Crippen LogP contribution is 2.12. The van der Waals surface area contributed by atoms with Crippen molar-refractivity contribution in [2.75, 3.05) is 6.54 Å². The zero-order chi connectivity index (χ0) is 19.6. The Labute approximate surface area is 159 Å². The molecule has 3 aromatic rings. The predicted octanol–water partition coefficient (Wildman–Crippen LogP) is 2.15. The van der Waals surface area contributed by atoms with Gasteiger partial charge in [0.25, 0.3) is 11.5 Å². The van der Waals surface area contributed by atoms with Crippen LogP contribution in [0.1, 0.15) is 32.9 Å². The third-order valence-corrected chi connectivity index (χ3v) is 4.83. The van der Waals surface area contributed by atoms with Crippen molar-refractivity contribution in [3.05, 3.63) is 68.1 Å². The van der Waals surface area contributed by atoms with Crippen molar-refractivity contribution in [3.8, 4) is 0 Å². The van der Waals surface area contributed by atoms with Gasteiger partial charge in [0, 0.05) is 22.7 Å². The molecule has 0 saturated heterocycles. The van der Waals surface area contributed by atoms with Gasteiger partial charge in [-0.05, 0) is 32.9 Å². The number of carbonyl (C=O) groups excluding carboxylic acids is 2. The molecule has 2 aromatic heterocycles. The van der Waals surface area contributed by atoms with Crippen LogP contribution in [0.25, 0.3) is 4.96 Å². The number of esters is 1. The van der Waals surface area contributed by atoms with Crippen LogP contribution in [0.3, 0.4) is 0 Å². The third kappa shape index (κ3) is 4.40. The number of rotatable bonds is 5. The lowest BCUT2D eigenvalue weighted by Gasteiger charge is -2.08. The van der Waals surface area contributed by atoms with Gasteiger partial charge in [-0.2, -0.15) is 0 Å². The first kappa shape index (κ1) is 18.8.